The van der Waals surface area contributed by atoms with Crippen LogP contribution in [0.3, 0.4) is 0 Å². The number of amides is 1. The summed E-state index contributed by atoms with van der Waals surface area (Å²) in [7, 11) is -3.88. The van der Waals surface area contributed by atoms with E-state index in [1.54, 1.807) is 12.1 Å². The molecule has 0 radical (unpaired) electrons. The van der Waals surface area contributed by atoms with Gasteiger partial charge in [0.2, 0.25) is 5.91 Å². The van der Waals surface area contributed by atoms with E-state index >= 15 is 0 Å². The largest absolute Gasteiger partial charge is 0.325 e. The summed E-state index contributed by atoms with van der Waals surface area (Å²) in [5, 5.41) is 7.10. The minimum Gasteiger partial charge on any atom is -0.325 e. The average molecular weight is 538 g/mol. The van der Waals surface area contributed by atoms with Gasteiger partial charge in [-0.2, -0.15) is 0 Å². The van der Waals surface area contributed by atoms with E-state index in [9.17, 15) is 18.0 Å². The van der Waals surface area contributed by atoms with E-state index in [0.717, 1.165) is 31.2 Å². The van der Waals surface area contributed by atoms with Crippen molar-refractivity contribution in [3.8, 4) is 0 Å². The van der Waals surface area contributed by atoms with Crippen LogP contribution in [-0.4, -0.2) is 73.8 Å². The molecule has 1 aliphatic carbocycles. The van der Waals surface area contributed by atoms with Gasteiger partial charge in [-0.05, 0) is 62.3 Å². The van der Waals surface area contributed by atoms with Gasteiger partial charge in [-0.3, -0.25) is 9.59 Å². The van der Waals surface area contributed by atoms with Gasteiger partial charge in [0, 0.05) is 48.8 Å². The second kappa shape index (κ2) is 10.4. The van der Waals surface area contributed by atoms with Gasteiger partial charge in [0.25, 0.3) is 0 Å². The number of hydrogen-bond donors (Lipinski definition) is 2. The Hall–Kier alpha value is -1.48. The first-order valence-corrected chi connectivity index (χ1v) is 15.5. The van der Waals surface area contributed by atoms with Crippen LogP contribution in [0.25, 0.3) is 0 Å². The molecule has 2 saturated heterocycles. The van der Waals surface area contributed by atoms with Gasteiger partial charge in [0.15, 0.2) is 20.4 Å². The zero-order valence-corrected chi connectivity index (χ0v) is 23.4. The number of rotatable bonds is 7. The molecule has 4 rings (SSSR count). The van der Waals surface area contributed by atoms with Crippen molar-refractivity contribution in [1.82, 2.24) is 15.5 Å². The van der Waals surface area contributed by atoms with E-state index < -0.39 is 26.0 Å². The number of hydrogen-bond acceptors (Lipinski definition) is 6. The van der Waals surface area contributed by atoms with Crippen LogP contribution in [0.1, 0.15) is 64.4 Å². The number of sulfone groups is 1. The first-order chi connectivity index (χ1) is 16.9. The first kappa shape index (κ1) is 27.6. The third-order valence-corrected chi connectivity index (χ3v) is 10.9. The monoisotopic (exact) mass is 537 g/mol. The third-order valence-electron chi connectivity index (χ3n) is 8.72. The van der Waals surface area contributed by atoms with Crippen LogP contribution in [0, 0.1) is 11.8 Å². The lowest BCUT2D eigenvalue weighted by atomic mass is 9.74. The van der Waals surface area contributed by atoms with Crippen molar-refractivity contribution < 1.29 is 18.0 Å². The summed E-state index contributed by atoms with van der Waals surface area (Å²) in [6.45, 7) is 7.19. The van der Waals surface area contributed by atoms with Gasteiger partial charge < -0.3 is 15.5 Å². The molecule has 3 fully saturated rings. The fraction of sp³-hybridized carbons (Fsp3) is 0.704. The summed E-state index contributed by atoms with van der Waals surface area (Å²) >= 11 is 6.12. The summed E-state index contributed by atoms with van der Waals surface area (Å²) in [6, 6.07) is 7.02. The van der Waals surface area contributed by atoms with Crippen LogP contribution in [-0.2, 0) is 19.4 Å². The molecular weight excluding hydrogens is 498 g/mol. The molecule has 2 aliphatic heterocycles. The second-order valence-corrected chi connectivity index (χ2v) is 14.2. The lowest BCUT2D eigenvalue weighted by Gasteiger charge is -2.50. The smallest absolute Gasteiger partial charge is 0.226 e. The fourth-order valence-electron chi connectivity index (χ4n) is 6.67. The summed E-state index contributed by atoms with van der Waals surface area (Å²) in [5.74, 6) is -0.694. The van der Waals surface area contributed by atoms with E-state index in [-0.39, 0.29) is 36.7 Å². The van der Waals surface area contributed by atoms with Gasteiger partial charge in [-0.25, -0.2) is 8.42 Å². The van der Waals surface area contributed by atoms with E-state index in [4.69, 9.17) is 11.6 Å². The third kappa shape index (κ3) is 4.63. The van der Waals surface area contributed by atoms with Gasteiger partial charge in [-0.15, -0.1) is 0 Å². The minimum absolute atomic E-state index is 0.0329. The molecule has 0 bridgehead atoms. The van der Waals surface area contributed by atoms with Crippen LogP contribution < -0.4 is 10.6 Å². The predicted octanol–water partition coefficient (Wildman–Crippen LogP) is 3.17. The Morgan fingerprint density at radius 1 is 1.06 bits per heavy atom. The lowest BCUT2D eigenvalue weighted by Crippen LogP contribution is -2.70. The van der Waals surface area contributed by atoms with Crippen molar-refractivity contribution >= 4 is 33.1 Å². The first-order valence-electron chi connectivity index (χ1n) is 13.2. The van der Waals surface area contributed by atoms with Gasteiger partial charge >= 0.3 is 0 Å². The van der Waals surface area contributed by atoms with Crippen molar-refractivity contribution in [3.63, 3.8) is 0 Å². The highest BCUT2D eigenvalue weighted by Crippen LogP contribution is 2.46. The summed E-state index contributed by atoms with van der Waals surface area (Å²) < 4.78 is 25.7. The molecule has 0 unspecified atom stereocenters. The molecule has 1 aromatic carbocycles. The Bertz CT molecular complexity index is 1080. The molecule has 9 heteroatoms. The molecule has 7 nitrogen and oxygen atoms in total. The van der Waals surface area contributed by atoms with Crippen LogP contribution in [0.2, 0.25) is 5.02 Å². The molecule has 1 amide bonds. The molecule has 36 heavy (non-hydrogen) atoms. The van der Waals surface area contributed by atoms with E-state index in [2.05, 4.69) is 17.6 Å². The Balaban J connectivity index is 1.86. The molecule has 2 heterocycles. The van der Waals surface area contributed by atoms with Crippen molar-refractivity contribution in [2.24, 2.45) is 11.8 Å². The number of carbonyl (C=O) groups excluding carboxylic acids is 2. The SMILES string of the molecule is CC1CCC(N(C(=O)C(C)C)[C@@]2(C(=O)[C@@]3(S(C)(=O)=O)CNC[C@H]3c3ccc(Cl)cc3)CCNC2)CC1. The summed E-state index contributed by atoms with van der Waals surface area (Å²) in [5.41, 5.74) is -0.440. The average Bonchev–Trinajstić information content (AvgIpc) is 3.49. The lowest BCUT2D eigenvalue weighted by molar-refractivity contribution is -0.154. The number of ketones is 1. The Morgan fingerprint density at radius 3 is 2.22 bits per heavy atom. The molecular formula is C27H40ClN3O4S. The summed E-state index contributed by atoms with van der Waals surface area (Å²) in [4.78, 5) is 30.7. The highest BCUT2D eigenvalue weighted by atomic mass is 35.5. The molecule has 3 atom stereocenters. The normalized spacial score (nSPS) is 33.1. The van der Waals surface area contributed by atoms with Gasteiger partial charge in [-0.1, -0.05) is 44.5 Å². The Kier molecular flexibility index (Phi) is 7.92. The van der Waals surface area contributed by atoms with Gasteiger partial charge in [0.1, 0.15) is 5.54 Å². The number of nitrogens with zero attached hydrogens (tertiary/aromatic N) is 1. The molecule has 3 aliphatic rings. The minimum atomic E-state index is -3.88. The maximum atomic E-state index is 15.0. The standard InChI is InChI=1S/C27H40ClN3O4S/c1-18(2)24(32)31(22-11-5-19(3)6-12-22)26(13-14-29-16-26)25(33)27(36(4,34)35)17-30-15-23(27)20-7-9-21(28)10-8-20/h7-10,18-19,22-23,29-30H,5-6,11-17H2,1-4H3/t19?,22?,23-,26-,27+/m0/s1. The van der Waals surface area contributed by atoms with E-state index in [1.807, 2.05) is 30.9 Å². The molecule has 1 saturated carbocycles. The Labute approximate surface area is 220 Å². The number of nitrogens with one attached hydrogen (secondary N) is 2. The molecule has 2 N–H and O–H groups in total. The maximum absolute atomic E-state index is 15.0. The number of benzene rings is 1. The van der Waals surface area contributed by atoms with Crippen molar-refractivity contribution in [3.05, 3.63) is 34.9 Å². The highest BCUT2D eigenvalue weighted by Gasteiger charge is 2.65. The number of Topliss-reactive ketones (excluding diaryl/α,β-unsaturated/α-hetero) is 1. The van der Waals surface area contributed by atoms with E-state index in [0.29, 0.717) is 30.5 Å². The fourth-order valence-corrected chi connectivity index (χ4v) is 8.42. The predicted molar refractivity (Wildman–Crippen MR) is 143 cm³/mol. The molecule has 200 valence electrons. The Morgan fingerprint density at radius 2 is 1.69 bits per heavy atom. The number of carbonyl (C=O) groups is 2. The van der Waals surface area contributed by atoms with Crippen LogP contribution in [0.5, 0.6) is 0 Å². The van der Waals surface area contributed by atoms with Crippen LogP contribution in [0.15, 0.2) is 24.3 Å². The highest BCUT2D eigenvalue weighted by molar-refractivity contribution is 7.93. The summed E-state index contributed by atoms with van der Waals surface area (Å²) in [6.07, 6.45) is 5.25. The van der Waals surface area contributed by atoms with Crippen LogP contribution >= 0.6 is 11.6 Å². The zero-order chi connectivity index (χ0) is 26.3. The van der Waals surface area contributed by atoms with Gasteiger partial charge in [0.05, 0.1) is 0 Å². The maximum Gasteiger partial charge on any atom is 0.226 e. The quantitative estimate of drug-likeness (QED) is 0.554. The van der Waals surface area contributed by atoms with E-state index in [1.165, 1.54) is 6.26 Å². The molecule has 0 spiro atoms. The second-order valence-electron chi connectivity index (χ2n) is 11.5. The zero-order valence-electron chi connectivity index (χ0n) is 21.8. The topological polar surface area (TPSA) is 95.6 Å². The van der Waals surface area contributed by atoms with Crippen molar-refractivity contribution in [2.75, 3.05) is 32.4 Å². The molecule has 1 aromatic rings. The van der Waals surface area contributed by atoms with Crippen LogP contribution in [0.4, 0.5) is 0 Å². The van der Waals surface area contributed by atoms with Crippen molar-refractivity contribution in [2.45, 2.75) is 75.1 Å². The molecule has 0 aromatic heterocycles. The number of halogens is 1. The van der Waals surface area contributed by atoms with Crippen molar-refractivity contribution in [1.29, 1.82) is 0 Å².